The first-order valence-electron chi connectivity index (χ1n) is 9.79. The molecule has 1 amide bonds. The summed E-state index contributed by atoms with van der Waals surface area (Å²) in [7, 11) is 0. The van der Waals surface area contributed by atoms with Gasteiger partial charge in [0.2, 0.25) is 5.91 Å². The Kier molecular flexibility index (Phi) is 5.55. The van der Waals surface area contributed by atoms with E-state index in [2.05, 4.69) is 30.3 Å². The van der Waals surface area contributed by atoms with E-state index in [9.17, 15) is 4.79 Å². The molecule has 1 fully saturated rings. The van der Waals surface area contributed by atoms with E-state index >= 15 is 0 Å². The van der Waals surface area contributed by atoms with E-state index in [1.807, 2.05) is 19.1 Å². The fraction of sp³-hybridized carbons (Fsp3) is 0.450. The minimum absolute atomic E-state index is 0.0576. The zero-order valence-corrected chi connectivity index (χ0v) is 16.6. The van der Waals surface area contributed by atoms with Gasteiger partial charge < -0.3 is 19.2 Å². The van der Waals surface area contributed by atoms with Crippen LogP contribution < -0.4 is 10.2 Å². The lowest BCUT2D eigenvalue weighted by Gasteiger charge is -2.33. The maximum atomic E-state index is 12.7. The summed E-state index contributed by atoms with van der Waals surface area (Å²) < 4.78 is 10.6. The molecular formula is C20H24N6O3. The topological polar surface area (TPSA) is 110 Å². The van der Waals surface area contributed by atoms with Crippen molar-refractivity contribution in [1.29, 1.82) is 0 Å². The summed E-state index contributed by atoms with van der Waals surface area (Å²) >= 11 is 0. The average molecular weight is 396 g/mol. The molecule has 1 N–H and O–H groups in total. The van der Waals surface area contributed by atoms with E-state index < -0.39 is 0 Å². The Bertz CT molecular complexity index is 969. The summed E-state index contributed by atoms with van der Waals surface area (Å²) in [4.78, 5) is 28.0. The quantitative estimate of drug-likeness (QED) is 0.676. The second kappa shape index (κ2) is 8.42. The standard InChI is InChI=1S/C20H24N6O3/c1-13-22-11-17(20-24-14(2)25-29-20)18(23-13)26-9-3-5-15(12-26)19(27)21-8-7-16-6-4-10-28-16/h4,6,10-11,15H,3,5,7-9,12H2,1-2H3,(H,21,27). The zero-order chi connectivity index (χ0) is 20.2. The summed E-state index contributed by atoms with van der Waals surface area (Å²) in [5.74, 6) is 3.15. The van der Waals surface area contributed by atoms with Crippen molar-refractivity contribution in [3.8, 4) is 11.5 Å². The predicted molar refractivity (Wildman–Crippen MR) is 105 cm³/mol. The fourth-order valence-electron chi connectivity index (χ4n) is 3.55. The maximum absolute atomic E-state index is 12.7. The number of aromatic nitrogens is 4. The van der Waals surface area contributed by atoms with Gasteiger partial charge in [0, 0.05) is 32.3 Å². The van der Waals surface area contributed by atoms with E-state index in [-0.39, 0.29) is 11.8 Å². The van der Waals surface area contributed by atoms with Gasteiger partial charge in [-0.3, -0.25) is 4.79 Å². The van der Waals surface area contributed by atoms with Crippen molar-refractivity contribution in [1.82, 2.24) is 25.4 Å². The van der Waals surface area contributed by atoms with Gasteiger partial charge in [0.25, 0.3) is 5.89 Å². The first kappa shape index (κ1) is 19.1. The molecule has 152 valence electrons. The predicted octanol–water partition coefficient (Wildman–Crippen LogP) is 2.31. The van der Waals surface area contributed by atoms with Gasteiger partial charge in [0.1, 0.15) is 23.0 Å². The largest absolute Gasteiger partial charge is 0.469 e. The summed E-state index contributed by atoms with van der Waals surface area (Å²) in [5, 5.41) is 6.89. The number of carbonyl (C=O) groups excluding carboxylic acids is 1. The highest BCUT2D eigenvalue weighted by atomic mass is 16.5. The molecule has 0 saturated carbocycles. The van der Waals surface area contributed by atoms with E-state index in [0.29, 0.717) is 42.6 Å². The molecule has 1 unspecified atom stereocenters. The third-order valence-electron chi connectivity index (χ3n) is 4.99. The van der Waals surface area contributed by atoms with Crippen molar-refractivity contribution >= 4 is 11.7 Å². The number of aryl methyl sites for hydroxylation is 2. The number of hydrogen-bond donors (Lipinski definition) is 1. The molecule has 0 radical (unpaired) electrons. The third-order valence-corrected chi connectivity index (χ3v) is 4.99. The molecule has 4 rings (SSSR count). The molecular weight excluding hydrogens is 372 g/mol. The number of anilines is 1. The first-order valence-corrected chi connectivity index (χ1v) is 9.79. The van der Waals surface area contributed by atoms with Gasteiger partial charge in [-0.05, 0) is 38.8 Å². The second-order valence-corrected chi connectivity index (χ2v) is 7.21. The molecule has 0 bridgehead atoms. The molecule has 29 heavy (non-hydrogen) atoms. The van der Waals surface area contributed by atoms with Crippen LogP contribution in [0.1, 0.15) is 30.3 Å². The highest BCUT2D eigenvalue weighted by Gasteiger charge is 2.29. The van der Waals surface area contributed by atoms with Crippen molar-refractivity contribution < 1.29 is 13.7 Å². The van der Waals surface area contributed by atoms with Crippen molar-refractivity contribution in [2.24, 2.45) is 5.92 Å². The van der Waals surface area contributed by atoms with Crippen molar-refractivity contribution in [3.63, 3.8) is 0 Å². The van der Waals surface area contributed by atoms with Crippen LogP contribution in [-0.2, 0) is 11.2 Å². The molecule has 3 aromatic rings. The van der Waals surface area contributed by atoms with Gasteiger partial charge in [0.05, 0.1) is 12.2 Å². The minimum atomic E-state index is -0.104. The van der Waals surface area contributed by atoms with Crippen LogP contribution in [0.2, 0.25) is 0 Å². The monoisotopic (exact) mass is 396 g/mol. The Morgan fingerprint density at radius 1 is 1.31 bits per heavy atom. The lowest BCUT2D eigenvalue weighted by Crippen LogP contribution is -2.44. The van der Waals surface area contributed by atoms with Gasteiger partial charge in [-0.25, -0.2) is 9.97 Å². The average Bonchev–Trinajstić information content (AvgIpc) is 3.40. The molecule has 3 aromatic heterocycles. The van der Waals surface area contributed by atoms with Crippen molar-refractivity contribution in [2.45, 2.75) is 33.1 Å². The zero-order valence-electron chi connectivity index (χ0n) is 16.6. The molecule has 9 nitrogen and oxygen atoms in total. The number of furan rings is 1. The lowest BCUT2D eigenvalue weighted by molar-refractivity contribution is -0.125. The van der Waals surface area contributed by atoms with Gasteiger partial charge >= 0.3 is 0 Å². The summed E-state index contributed by atoms with van der Waals surface area (Å²) in [6.07, 6.45) is 5.78. The number of carbonyl (C=O) groups is 1. The lowest BCUT2D eigenvalue weighted by atomic mass is 9.96. The number of amides is 1. The van der Waals surface area contributed by atoms with Crippen LogP contribution in [0.4, 0.5) is 5.82 Å². The van der Waals surface area contributed by atoms with E-state index in [1.165, 1.54) is 0 Å². The van der Waals surface area contributed by atoms with Crippen LogP contribution in [0, 0.1) is 19.8 Å². The Balaban J connectivity index is 1.45. The molecule has 1 atom stereocenters. The normalized spacial score (nSPS) is 16.8. The minimum Gasteiger partial charge on any atom is -0.469 e. The van der Waals surface area contributed by atoms with Gasteiger partial charge in [-0.15, -0.1) is 0 Å². The van der Waals surface area contributed by atoms with Gasteiger partial charge in [-0.1, -0.05) is 5.16 Å². The Morgan fingerprint density at radius 3 is 2.97 bits per heavy atom. The van der Waals surface area contributed by atoms with Crippen LogP contribution in [0.3, 0.4) is 0 Å². The van der Waals surface area contributed by atoms with Gasteiger partial charge in [0.15, 0.2) is 5.82 Å². The highest BCUT2D eigenvalue weighted by Crippen LogP contribution is 2.30. The summed E-state index contributed by atoms with van der Waals surface area (Å²) in [5.41, 5.74) is 0.690. The Labute approximate surface area is 168 Å². The fourth-order valence-corrected chi connectivity index (χ4v) is 3.55. The molecule has 1 aliphatic rings. The molecule has 0 spiro atoms. The van der Waals surface area contributed by atoms with Crippen LogP contribution in [0.5, 0.6) is 0 Å². The van der Waals surface area contributed by atoms with Crippen molar-refractivity contribution in [3.05, 3.63) is 42.0 Å². The molecule has 0 aromatic carbocycles. The van der Waals surface area contributed by atoms with Crippen LogP contribution >= 0.6 is 0 Å². The third kappa shape index (κ3) is 4.44. The Hall–Kier alpha value is -3.23. The van der Waals surface area contributed by atoms with E-state index in [4.69, 9.17) is 8.94 Å². The van der Waals surface area contributed by atoms with Gasteiger partial charge in [-0.2, -0.15) is 4.98 Å². The number of nitrogens with zero attached hydrogens (tertiary/aromatic N) is 5. The smallest absolute Gasteiger partial charge is 0.263 e. The number of rotatable bonds is 6. The Morgan fingerprint density at radius 2 is 2.21 bits per heavy atom. The first-order chi connectivity index (χ1) is 14.1. The van der Waals surface area contributed by atoms with Crippen LogP contribution in [-0.4, -0.2) is 45.7 Å². The van der Waals surface area contributed by atoms with E-state index in [1.54, 1.807) is 19.4 Å². The van der Waals surface area contributed by atoms with E-state index in [0.717, 1.165) is 31.0 Å². The summed E-state index contributed by atoms with van der Waals surface area (Å²) in [6, 6.07) is 3.76. The molecule has 0 aliphatic carbocycles. The number of nitrogens with one attached hydrogen (secondary N) is 1. The molecule has 9 heteroatoms. The summed E-state index contributed by atoms with van der Waals surface area (Å²) in [6.45, 7) is 5.57. The molecule has 4 heterocycles. The maximum Gasteiger partial charge on any atom is 0.263 e. The van der Waals surface area contributed by atoms with Crippen LogP contribution in [0.25, 0.3) is 11.5 Å². The second-order valence-electron chi connectivity index (χ2n) is 7.21. The number of piperidine rings is 1. The SMILES string of the molecule is Cc1noc(-c2cnc(C)nc2N2CCCC(C(=O)NCCc3ccco3)C2)n1. The molecule has 1 saturated heterocycles. The highest BCUT2D eigenvalue weighted by molar-refractivity contribution is 5.80. The van der Waals surface area contributed by atoms with Crippen molar-refractivity contribution in [2.75, 3.05) is 24.5 Å². The molecule has 1 aliphatic heterocycles. The number of hydrogen-bond acceptors (Lipinski definition) is 8. The van der Waals surface area contributed by atoms with Crippen LogP contribution in [0.15, 0.2) is 33.5 Å².